The highest BCUT2D eigenvalue weighted by Gasteiger charge is 2.20. The first-order valence-corrected chi connectivity index (χ1v) is 5.34. The predicted octanol–water partition coefficient (Wildman–Crippen LogP) is 1.84. The lowest BCUT2D eigenvalue weighted by atomic mass is 10.2. The Bertz CT molecular complexity index is 408. The second-order valence-electron chi connectivity index (χ2n) is 3.76. The molecular formula is C10H13ClFN3O. The number of nitrogen functional groups attached to an aromatic ring is 2. The molecule has 1 unspecified atom stereocenters. The Morgan fingerprint density at radius 1 is 1.44 bits per heavy atom. The predicted molar refractivity (Wildman–Crippen MR) is 63.1 cm³/mol. The molecule has 6 heteroatoms. The van der Waals surface area contributed by atoms with Gasteiger partial charge in [-0.25, -0.2) is 4.39 Å². The number of halogens is 2. The van der Waals surface area contributed by atoms with Crippen LogP contribution < -0.4 is 16.8 Å². The quantitative estimate of drug-likeness (QED) is 0.696. The van der Waals surface area contributed by atoms with Gasteiger partial charge in [-0.1, -0.05) is 11.6 Å². The maximum absolute atomic E-state index is 13.8. The van der Waals surface area contributed by atoms with E-state index in [1.807, 2.05) is 0 Å². The highest BCUT2D eigenvalue weighted by molar-refractivity contribution is 6.33. The minimum absolute atomic E-state index is 0.0662. The van der Waals surface area contributed by atoms with Crippen LogP contribution in [-0.2, 0) is 4.74 Å². The van der Waals surface area contributed by atoms with Crippen LogP contribution in [-0.4, -0.2) is 19.3 Å². The summed E-state index contributed by atoms with van der Waals surface area (Å²) in [7, 11) is 0. The third kappa shape index (κ3) is 2.01. The molecule has 1 atom stereocenters. The average molecular weight is 246 g/mol. The van der Waals surface area contributed by atoms with Crippen LogP contribution >= 0.6 is 11.6 Å². The SMILES string of the molecule is Nc1cc(N)c(NC2CCOC2)c(F)c1Cl. The molecule has 0 spiro atoms. The zero-order valence-corrected chi connectivity index (χ0v) is 9.35. The van der Waals surface area contributed by atoms with Crippen molar-refractivity contribution in [2.24, 2.45) is 0 Å². The topological polar surface area (TPSA) is 73.3 Å². The van der Waals surface area contributed by atoms with Crippen molar-refractivity contribution in [3.05, 3.63) is 16.9 Å². The molecule has 5 N–H and O–H groups in total. The Balaban J connectivity index is 2.28. The smallest absolute Gasteiger partial charge is 0.169 e. The van der Waals surface area contributed by atoms with Crippen molar-refractivity contribution in [1.29, 1.82) is 0 Å². The number of benzene rings is 1. The lowest BCUT2D eigenvalue weighted by Crippen LogP contribution is -2.21. The molecule has 1 aromatic carbocycles. The number of ether oxygens (including phenoxy) is 1. The zero-order valence-electron chi connectivity index (χ0n) is 8.59. The standard InChI is InChI=1S/C10H13ClFN3O/c11-8-6(13)3-7(14)10(9(8)12)15-5-1-2-16-4-5/h3,5,15H,1-2,4,13-14H2. The van der Waals surface area contributed by atoms with Crippen LogP contribution in [0.2, 0.25) is 5.02 Å². The third-order valence-electron chi connectivity index (χ3n) is 2.54. The van der Waals surface area contributed by atoms with Gasteiger partial charge in [0, 0.05) is 6.61 Å². The average Bonchev–Trinajstić information content (AvgIpc) is 2.74. The molecule has 0 aromatic heterocycles. The normalized spacial score (nSPS) is 20.0. The largest absolute Gasteiger partial charge is 0.397 e. The van der Waals surface area contributed by atoms with E-state index < -0.39 is 5.82 Å². The van der Waals surface area contributed by atoms with E-state index in [4.69, 9.17) is 27.8 Å². The van der Waals surface area contributed by atoms with E-state index in [-0.39, 0.29) is 28.1 Å². The van der Waals surface area contributed by atoms with Crippen molar-refractivity contribution >= 4 is 28.7 Å². The molecule has 1 aromatic rings. The van der Waals surface area contributed by atoms with Crippen molar-refractivity contribution in [2.45, 2.75) is 12.5 Å². The number of rotatable bonds is 2. The van der Waals surface area contributed by atoms with Crippen LogP contribution in [0, 0.1) is 5.82 Å². The first-order chi connectivity index (χ1) is 7.59. The van der Waals surface area contributed by atoms with Gasteiger partial charge in [0.2, 0.25) is 0 Å². The summed E-state index contributed by atoms with van der Waals surface area (Å²) in [5, 5.41) is 2.88. The van der Waals surface area contributed by atoms with Gasteiger partial charge in [-0.3, -0.25) is 0 Å². The maximum atomic E-state index is 13.8. The fraction of sp³-hybridized carbons (Fsp3) is 0.400. The number of nitrogens with one attached hydrogen (secondary N) is 1. The highest BCUT2D eigenvalue weighted by Crippen LogP contribution is 2.34. The van der Waals surface area contributed by atoms with E-state index in [1.54, 1.807) is 0 Å². The fourth-order valence-electron chi connectivity index (χ4n) is 1.67. The van der Waals surface area contributed by atoms with Crippen LogP contribution in [0.15, 0.2) is 6.07 Å². The maximum Gasteiger partial charge on any atom is 0.169 e. The summed E-state index contributed by atoms with van der Waals surface area (Å²) in [6.07, 6.45) is 0.820. The fourth-order valence-corrected chi connectivity index (χ4v) is 1.81. The van der Waals surface area contributed by atoms with Gasteiger partial charge in [0.25, 0.3) is 0 Å². The van der Waals surface area contributed by atoms with Crippen molar-refractivity contribution in [2.75, 3.05) is 30.0 Å². The van der Waals surface area contributed by atoms with Gasteiger partial charge in [0.1, 0.15) is 5.02 Å². The number of hydrogen-bond donors (Lipinski definition) is 3. The molecule has 0 saturated carbocycles. The molecule has 1 heterocycles. The Labute approximate surface area is 97.7 Å². The van der Waals surface area contributed by atoms with Crippen molar-refractivity contribution in [3.8, 4) is 0 Å². The Kier molecular flexibility index (Phi) is 3.07. The van der Waals surface area contributed by atoms with Gasteiger partial charge in [0.15, 0.2) is 5.82 Å². The third-order valence-corrected chi connectivity index (χ3v) is 2.93. The molecule has 1 saturated heterocycles. The molecule has 1 aliphatic rings. The molecule has 88 valence electrons. The van der Waals surface area contributed by atoms with E-state index in [0.717, 1.165) is 6.42 Å². The minimum atomic E-state index is -0.605. The second kappa shape index (κ2) is 4.35. The van der Waals surface area contributed by atoms with Crippen LogP contribution in [0.5, 0.6) is 0 Å². The number of nitrogens with two attached hydrogens (primary N) is 2. The minimum Gasteiger partial charge on any atom is -0.397 e. The van der Waals surface area contributed by atoms with Crippen molar-refractivity contribution in [1.82, 2.24) is 0 Å². The molecule has 1 aliphatic heterocycles. The van der Waals surface area contributed by atoms with Crippen LogP contribution in [0.4, 0.5) is 21.5 Å². The molecule has 16 heavy (non-hydrogen) atoms. The molecule has 0 aliphatic carbocycles. The van der Waals surface area contributed by atoms with E-state index in [9.17, 15) is 4.39 Å². The van der Waals surface area contributed by atoms with E-state index in [2.05, 4.69) is 5.32 Å². The summed E-state index contributed by atoms with van der Waals surface area (Å²) in [4.78, 5) is 0. The summed E-state index contributed by atoms with van der Waals surface area (Å²) >= 11 is 5.71. The van der Waals surface area contributed by atoms with E-state index in [0.29, 0.717) is 13.2 Å². The van der Waals surface area contributed by atoms with Gasteiger partial charge in [-0.15, -0.1) is 0 Å². The lowest BCUT2D eigenvalue weighted by Gasteiger charge is -2.16. The Morgan fingerprint density at radius 2 is 2.19 bits per heavy atom. The lowest BCUT2D eigenvalue weighted by molar-refractivity contribution is 0.195. The van der Waals surface area contributed by atoms with Crippen molar-refractivity contribution < 1.29 is 9.13 Å². The molecular weight excluding hydrogens is 233 g/mol. The molecule has 2 rings (SSSR count). The summed E-state index contributed by atoms with van der Waals surface area (Å²) < 4.78 is 19.0. The molecule has 4 nitrogen and oxygen atoms in total. The van der Waals surface area contributed by atoms with Gasteiger partial charge < -0.3 is 21.5 Å². The van der Waals surface area contributed by atoms with Crippen LogP contribution in [0.1, 0.15) is 6.42 Å². The van der Waals surface area contributed by atoms with Gasteiger partial charge in [0.05, 0.1) is 29.7 Å². The van der Waals surface area contributed by atoms with Gasteiger partial charge in [-0.05, 0) is 12.5 Å². The summed E-state index contributed by atoms with van der Waals surface area (Å²) in [5.41, 5.74) is 11.8. The van der Waals surface area contributed by atoms with E-state index >= 15 is 0 Å². The molecule has 1 fully saturated rings. The Morgan fingerprint density at radius 3 is 2.81 bits per heavy atom. The summed E-state index contributed by atoms with van der Waals surface area (Å²) in [6, 6.07) is 1.51. The van der Waals surface area contributed by atoms with E-state index in [1.165, 1.54) is 6.07 Å². The highest BCUT2D eigenvalue weighted by atomic mass is 35.5. The van der Waals surface area contributed by atoms with Gasteiger partial charge in [-0.2, -0.15) is 0 Å². The summed E-state index contributed by atoms with van der Waals surface area (Å²) in [5.74, 6) is -0.605. The number of anilines is 3. The zero-order chi connectivity index (χ0) is 11.7. The monoisotopic (exact) mass is 245 g/mol. The van der Waals surface area contributed by atoms with Crippen LogP contribution in [0.25, 0.3) is 0 Å². The van der Waals surface area contributed by atoms with Crippen molar-refractivity contribution in [3.63, 3.8) is 0 Å². The Hall–Kier alpha value is -1.20. The molecule has 0 amide bonds. The number of hydrogen-bond acceptors (Lipinski definition) is 4. The second-order valence-corrected chi connectivity index (χ2v) is 4.14. The first-order valence-electron chi connectivity index (χ1n) is 4.97. The van der Waals surface area contributed by atoms with Gasteiger partial charge >= 0.3 is 0 Å². The first kappa shape index (κ1) is 11.3. The van der Waals surface area contributed by atoms with Crippen LogP contribution in [0.3, 0.4) is 0 Å². The molecule has 0 radical (unpaired) electrons. The molecule has 0 bridgehead atoms. The summed E-state index contributed by atoms with van der Waals surface area (Å²) in [6.45, 7) is 1.21.